The third-order valence-electron chi connectivity index (χ3n) is 2.32. The highest BCUT2D eigenvalue weighted by Crippen LogP contribution is 2.27. The molecule has 0 spiro atoms. The summed E-state index contributed by atoms with van der Waals surface area (Å²) >= 11 is 11.9. The van der Waals surface area contributed by atoms with Gasteiger partial charge in [-0.3, -0.25) is 4.79 Å². The Balaban J connectivity index is 2.86. The molecule has 1 aromatic rings. The summed E-state index contributed by atoms with van der Waals surface area (Å²) < 4.78 is 4.65. The number of hydrogen-bond acceptors (Lipinski definition) is 3. The second-order valence-electron chi connectivity index (χ2n) is 3.37. The quantitative estimate of drug-likeness (QED) is 0.847. The van der Waals surface area contributed by atoms with E-state index in [1.165, 1.54) is 7.11 Å². The van der Waals surface area contributed by atoms with Crippen molar-refractivity contribution < 1.29 is 9.53 Å². The fourth-order valence-electron chi connectivity index (χ4n) is 1.40. The van der Waals surface area contributed by atoms with Gasteiger partial charge in [-0.25, -0.2) is 0 Å². The summed E-state index contributed by atoms with van der Waals surface area (Å²) in [5, 5.41) is 0.936. The monoisotopic (exact) mass is 261 g/mol. The van der Waals surface area contributed by atoms with Crippen LogP contribution in [0.1, 0.15) is 5.56 Å². The first-order valence-corrected chi connectivity index (χ1v) is 5.56. The average Bonchev–Trinajstić information content (AvgIpc) is 2.30. The van der Waals surface area contributed by atoms with Crippen LogP contribution in [0.25, 0.3) is 0 Å². The van der Waals surface area contributed by atoms with Gasteiger partial charge in [0.2, 0.25) is 0 Å². The summed E-state index contributed by atoms with van der Waals surface area (Å²) in [6.45, 7) is 0.218. The maximum absolute atomic E-state index is 11.4. The topological polar surface area (TPSA) is 52.3 Å². The van der Waals surface area contributed by atoms with Crippen LogP contribution in [0.3, 0.4) is 0 Å². The van der Waals surface area contributed by atoms with Gasteiger partial charge in [0.05, 0.1) is 23.1 Å². The lowest BCUT2D eigenvalue weighted by Crippen LogP contribution is -2.26. The number of esters is 1. The van der Waals surface area contributed by atoms with Crippen molar-refractivity contribution in [3.63, 3.8) is 0 Å². The van der Waals surface area contributed by atoms with Crippen molar-refractivity contribution in [3.05, 3.63) is 33.8 Å². The Kier molecular flexibility index (Phi) is 5.06. The van der Waals surface area contributed by atoms with E-state index in [2.05, 4.69) is 4.74 Å². The molecule has 0 bridgehead atoms. The van der Waals surface area contributed by atoms with Crippen molar-refractivity contribution in [2.45, 2.75) is 6.42 Å². The molecule has 0 saturated carbocycles. The molecule has 16 heavy (non-hydrogen) atoms. The van der Waals surface area contributed by atoms with Crippen molar-refractivity contribution in [3.8, 4) is 0 Å². The minimum Gasteiger partial charge on any atom is -0.469 e. The van der Waals surface area contributed by atoms with Crippen LogP contribution >= 0.6 is 23.2 Å². The number of halogens is 2. The van der Waals surface area contributed by atoms with E-state index in [-0.39, 0.29) is 18.4 Å². The van der Waals surface area contributed by atoms with E-state index in [0.717, 1.165) is 5.56 Å². The fourth-order valence-corrected chi connectivity index (χ4v) is 1.80. The molecule has 0 radical (unpaired) electrons. The van der Waals surface area contributed by atoms with Gasteiger partial charge in [-0.15, -0.1) is 0 Å². The van der Waals surface area contributed by atoms with Crippen molar-refractivity contribution in [1.29, 1.82) is 0 Å². The van der Waals surface area contributed by atoms with Crippen LogP contribution in [-0.4, -0.2) is 19.6 Å². The minimum atomic E-state index is -0.388. The van der Waals surface area contributed by atoms with Crippen LogP contribution in [-0.2, 0) is 16.0 Å². The highest BCUT2D eigenvalue weighted by atomic mass is 35.5. The Hall–Kier alpha value is -0.770. The number of benzene rings is 1. The van der Waals surface area contributed by atoms with Gasteiger partial charge in [-0.05, 0) is 18.1 Å². The van der Waals surface area contributed by atoms with Crippen LogP contribution in [0.4, 0.5) is 0 Å². The maximum Gasteiger partial charge on any atom is 0.310 e. The van der Waals surface area contributed by atoms with E-state index in [1.54, 1.807) is 12.1 Å². The second kappa shape index (κ2) is 6.09. The predicted molar refractivity (Wildman–Crippen MR) is 64.7 cm³/mol. The molecule has 0 saturated heterocycles. The summed E-state index contributed by atoms with van der Waals surface area (Å²) in [6.07, 6.45) is 0.433. The van der Waals surface area contributed by atoms with Gasteiger partial charge in [0.25, 0.3) is 0 Å². The maximum atomic E-state index is 11.4. The molecule has 88 valence electrons. The van der Waals surface area contributed by atoms with Crippen molar-refractivity contribution in [2.24, 2.45) is 11.7 Å². The summed E-state index contributed by atoms with van der Waals surface area (Å²) in [5.74, 6) is -0.723. The van der Waals surface area contributed by atoms with Crippen LogP contribution in [0.2, 0.25) is 10.0 Å². The first kappa shape index (κ1) is 13.3. The first-order valence-electron chi connectivity index (χ1n) is 4.81. The summed E-state index contributed by atoms with van der Waals surface area (Å²) in [7, 11) is 1.34. The third kappa shape index (κ3) is 3.11. The number of nitrogens with two attached hydrogens (primary N) is 1. The molecule has 1 rings (SSSR count). The fraction of sp³-hybridized carbons (Fsp3) is 0.364. The standard InChI is InChI=1S/C11H13Cl2NO2/c1-16-11(15)8(6-14)5-7-3-2-4-9(12)10(7)13/h2-4,8H,5-6,14H2,1H3. The molecule has 2 N–H and O–H groups in total. The van der Waals surface area contributed by atoms with E-state index in [4.69, 9.17) is 28.9 Å². The smallest absolute Gasteiger partial charge is 0.310 e. The van der Waals surface area contributed by atoms with Gasteiger partial charge in [0, 0.05) is 6.54 Å². The summed E-state index contributed by atoms with van der Waals surface area (Å²) in [5.41, 5.74) is 6.31. The average molecular weight is 262 g/mol. The molecule has 3 nitrogen and oxygen atoms in total. The van der Waals surface area contributed by atoms with Gasteiger partial charge in [-0.2, -0.15) is 0 Å². The van der Waals surface area contributed by atoms with Gasteiger partial charge in [0.1, 0.15) is 0 Å². The molecule has 0 aromatic heterocycles. The van der Waals surface area contributed by atoms with Crippen molar-refractivity contribution >= 4 is 29.2 Å². The van der Waals surface area contributed by atoms with Crippen LogP contribution in [0, 0.1) is 5.92 Å². The Morgan fingerprint density at radius 1 is 1.50 bits per heavy atom. The number of methoxy groups -OCH3 is 1. The Morgan fingerprint density at radius 3 is 2.75 bits per heavy atom. The molecule has 0 aliphatic rings. The molecular weight excluding hydrogens is 249 g/mol. The second-order valence-corrected chi connectivity index (χ2v) is 4.16. The summed E-state index contributed by atoms with van der Waals surface area (Å²) in [6, 6.07) is 5.30. The highest BCUT2D eigenvalue weighted by molar-refractivity contribution is 6.42. The first-order chi connectivity index (χ1) is 7.60. The van der Waals surface area contributed by atoms with E-state index in [0.29, 0.717) is 16.5 Å². The van der Waals surface area contributed by atoms with Gasteiger partial charge >= 0.3 is 5.97 Å². The van der Waals surface area contributed by atoms with Gasteiger partial charge in [0.15, 0.2) is 0 Å². The molecule has 1 atom stereocenters. The zero-order valence-corrected chi connectivity index (χ0v) is 10.4. The Labute approximate surface area is 104 Å². The van der Waals surface area contributed by atoms with Crippen molar-refractivity contribution in [2.75, 3.05) is 13.7 Å². The molecular formula is C11H13Cl2NO2. The number of ether oxygens (including phenoxy) is 1. The van der Waals surface area contributed by atoms with E-state index >= 15 is 0 Å². The number of rotatable bonds is 4. The zero-order valence-electron chi connectivity index (χ0n) is 8.87. The van der Waals surface area contributed by atoms with Crippen LogP contribution in [0.5, 0.6) is 0 Å². The lowest BCUT2D eigenvalue weighted by atomic mass is 9.99. The van der Waals surface area contributed by atoms with Gasteiger partial charge in [-0.1, -0.05) is 35.3 Å². The minimum absolute atomic E-state index is 0.218. The molecule has 0 aliphatic heterocycles. The zero-order chi connectivity index (χ0) is 12.1. The van der Waals surface area contributed by atoms with Crippen LogP contribution < -0.4 is 5.73 Å². The molecule has 0 aliphatic carbocycles. The predicted octanol–water partition coefficient (Wildman–Crippen LogP) is 2.28. The van der Waals surface area contributed by atoms with E-state index in [9.17, 15) is 4.79 Å². The lowest BCUT2D eigenvalue weighted by Gasteiger charge is -2.13. The third-order valence-corrected chi connectivity index (χ3v) is 3.17. The van der Waals surface area contributed by atoms with Gasteiger partial charge < -0.3 is 10.5 Å². The molecule has 1 aromatic carbocycles. The lowest BCUT2D eigenvalue weighted by molar-refractivity contribution is -0.145. The Bertz CT molecular complexity index is 382. The normalized spacial score (nSPS) is 12.2. The van der Waals surface area contributed by atoms with E-state index < -0.39 is 0 Å². The molecule has 0 amide bonds. The largest absolute Gasteiger partial charge is 0.469 e. The highest BCUT2D eigenvalue weighted by Gasteiger charge is 2.19. The molecule has 0 fully saturated rings. The number of carbonyl (C=O) groups is 1. The van der Waals surface area contributed by atoms with E-state index in [1.807, 2.05) is 6.07 Å². The number of carbonyl (C=O) groups excluding carboxylic acids is 1. The number of hydrogen-bond donors (Lipinski definition) is 1. The molecule has 0 heterocycles. The summed E-state index contributed by atoms with van der Waals surface area (Å²) in [4.78, 5) is 11.4. The van der Waals surface area contributed by atoms with Crippen LogP contribution in [0.15, 0.2) is 18.2 Å². The SMILES string of the molecule is COC(=O)C(CN)Cc1cccc(Cl)c1Cl. The molecule has 5 heteroatoms. The van der Waals surface area contributed by atoms with Crippen molar-refractivity contribution in [1.82, 2.24) is 0 Å². The molecule has 1 unspecified atom stereocenters. The Morgan fingerprint density at radius 2 is 2.19 bits per heavy atom.